The first-order valence-corrected chi connectivity index (χ1v) is 8.64. The van der Waals surface area contributed by atoms with E-state index in [1.165, 1.54) is 0 Å². The normalized spacial score (nSPS) is 11.1. The van der Waals surface area contributed by atoms with Crippen LogP contribution < -0.4 is 4.74 Å². The zero-order valence-corrected chi connectivity index (χ0v) is 14.9. The summed E-state index contributed by atoms with van der Waals surface area (Å²) in [4.78, 5) is 0. The second kappa shape index (κ2) is 8.39. The minimum Gasteiger partial charge on any atom is -0.489 e. The Bertz CT molecular complexity index is 882. The van der Waals surface area contributed by atoms with Gasteiger partial charge in [-0.05, 0) is 54.0 Å². The zero-order chi connectivity index (χ0) is 17.5. The molecule has 1 heterocycles. The fourth-order valence-electron chi connectivity index (χ4n) is 2.34. The van der Waals surface area contributed by atoms with Crippen LogP contribution in [0.3, 0.4) is 0 Å². The number of ether oxygens (including phenoxy) is 1. The summed E-state index contributed by atoms with van der Waals surface area (Å²) < 4.78 is 7.95. The molecule has 0 saturated carbocycles. The summed E-state index contributed by atoms with van der Waals surface area (Å²) >= 11 is 5.22. The summed E-state index contributed by atoms with van der Waals surface area (Å²) in [5.41, 5.74) is 2.11. The Morgan fingerprint density at radius 1 is 1.16 bits per heavy atom. The minimum atomic E-state index is 0.502. The van der Waals surface area contributed by atoms with Gasteiger partial charge in [-0.1, -0.05) is 37.3 Å². The van der Waals surface area contributed by atoms with Crippen molar-refractivity contribution in [3.8, 4) is 5.75 Å². The minimum absolute atomic E-state index is 0.502. The van der Waals surface area contributed by atoms with Gasteiger partial charge in [-0.3, -0.25) is 5.10 Å². The number of rotatable bonds is 7. The molecule has 0 aliphatic carbocycles. The lowest BCUT2D eigenvalue weighted by Gasteiger charge is -2.06. The molecule has 0 radical (unpaired) electrons. The highest BCUT2D eigenvalue weighted by atomic mass is 32.1. The topological polar surface area (TPSA) is 55.2 Å². The molecular weight excluding hydrogens is 332 g/mol. The summed E-state index contributed by atoms with van der Waals surface area (Å²) in [7, 11) is 0. The van der Waals surface area contributed by atoms with E-state index in [4.69, 9.17) is 17.0 Å². The third-order valence-electron chi connectivity index (χ3n) is 3.64. The van der Waals surface area contributed by atoms with Crippen LogP contribution in [0.4, 0.5) is 0 Å². The van der Waals surface area contributed by atoms with Crippen molar-refractivity contribution in [3.05, 3.63) is 76.3 Å². The van der Waals surface area contributed by atoms with E-state index in [0.717, 1.165) is 35.5 Å². The SMILES string of the molecule is CCCc1n[nH]c(=S)n1/N=C\c1ccc(OCc2ccccc2)cc1. The zero-order valence-electron chi connectivity index (χ0n) is 14.1. The van der Waals surface area contributed by atoms with Gasteiger partial charge in [0, 0.05) is 6.42 Å². The van der Waals surface area contributed by atoms with E-state index in [1.807, 2.05) is 54.6 Å². The highest BCUT2D eigenvalue weighted by Gasteiger charge is 2.03. The lowest BCUT2D eigenvalue weighted by Crippen LogP contribution is -1.99. The molecule has 6 heteroatoms. The third kappa shape index (κ3) is 4.64. The Balaban J connectivity index is 1.64. The third-order valence-corrected chi connectivity index (χ3v) is 3.91. The fourth-order valence-corrected chi connectivity index (χ4v) is 2.54. The number of nitrogens with one attached hydrogen (secondary N) is 1. The molecule has 25 heavy (non-hydrogen) atoms. The van der Waals surface area contributed by atoms with Crippen molar-refractivity contribution in [2.75, 3.05) is 0 Å². The quantitative estimate of drug-likeness (QED) is 0.508. The monoisotopic (exact) mass is 352 g/mol. The second-order valence-corrected chi connectivity index (χ2v) is 5.98. The molecule has 0 spiro atoms. The number of hydrogen-bond acceptors (Lipinski definition) is 4. The van der Waals surface area contributed by atoms with Crippen LogP contribution in [0, 0.1) is 4.77 Å². The first-order chi connectivity index (χ1) is 12.3. The van der Waals surface area contributed by atoms with Crippen molar-refractivity contribution in [2.24, 2.45) is 5.10 Å². The molecule has 3 aromatic rings. The predicted octanol–water partition coefficient (Wildman–Crippen LogP) is 4.35. The lowest BCUT2D eigenvalue weighted by molar-refractivity contribution is 0.306. The van der Waals surface area contributed by atoms with E-state index >= 15 is 0 Å². The van der Waals surface area contributed by atoms with Crippen LogP contribution in [0.2, 0.25) is 0 Å². The van der Waals surface area contributed by atoms with Crippen molar-refractivity contribution >= 4 is 18.4 Å². The van der Waals surface area contributed by atoms with Crippen molar-refractivity contribution in [2.45, 2.75) is 26.4 Å². The van der Waals surface area contributed by atoms with Gasteiger partial charge in [-0.25, -0.2) is 0 Å². The van der Waals surface area contributed by atoms with Crippen molar-refractivity contribution in [1.82, 2.24) is 14.9 Å². The van der Waals surface area contributed by atoms with Crippen molar-refractivity contribution in [3.63, 3.8) is 0 Å². The summed E-state index contributed by atoms with van der Waals surface area (Å²) in [6, 6.07) is 17.9. The van der Waals surface area contributed by atoms with Gasteiger partial charge in [-0.15, -0.1) is 0 Å². The standard InChI is InChI=1S/C19H20N4OS/c1-2-6-18-21-22-19(25)23(18)20-13-15-9-11-17(12-10-15)24-14-16-7-4-3-5-8-16/h3-5,7-13H,2,6,14H2,1H3,(H,22,25)/b20-13-. The number of aryl methyl sites for hydroxylation is 1. The molecule has 5 nitrogen and oxygen atoms in total. The predicted molar refractivity (Wildman–Crippen MR) is 102 cm³/mol. The number of aromatic nitrogens is 3. The molecule has 128 valence electrons. The average molecular weight is 352 g/mol. The number of benzene rings is 2. The van der Waals surface area contributed by atoms with Crippen LogP contribution in [0.25, 0.3) is 0 Å². The molecule has 0 atom stereocenters. The van der Waals surface area contributed by atoms with Gasteiger partial charge < -0.3 is 4.74 Å². The summed E-state index contributed by atoms with van der Waals surface area (Å²) in [6.07, 6.45) is 3.59. The molecule has 1 aromatic heterocycles. The van der Waals surface area contributed by atoms with Gasteiger partial charge in [0.25, 0.3) is 0 Å². The van der Waals surface area contributed by atoms with Crippen LogP contribution in [0.1, 0.15) is 30.3 Å². The Hall–Kier alpha value is -2.73. The average Bonchev–Trinajstić information content (AvgIpc) is 3.00. The molecule has 0 bridgehead atoms. The van der Waals surface area contributed by atoms with Crippen molar-refractivity contribution in [1.29, 1.82) is 0 Å². The van der Waals surface area contributed by atoms with E-state index in [0.29, 0.717) is 11.4 Å². The van der Waals surface area contributed by atoms with Gasteiger partial charge in [0.05, 0.1) is 6.21 Å². The van der Waals surface area contributed by atoms with Gasteiger partial charge in [0.1, 0.15) is 12.4 Å². The van der Waals surface area contributed by atoms with E-state index in [-0.39, 0.29) is 0 Å². The first-order valence-electron chi connectivity index (χ1n) is 8.23. The number of H-pyrrole nitrogens is 1. The Labute approximate surface area is 152 Å². The summed E-state index contributed by atoms with van der Waals surface area (Å²) in [6.45, 7) is 2.65. The molecule has 2 aromatic carbocycles. The number of nitrogens with zero attached hydrogens (tertiary/aromatic N) is 3. The molecule has 1 N–H and O–H groups in total. The maximum Gasteiger partial charge on any atom is 0.216 e. The van der Waals surface area contributed by atoms with Crippen LogP contribution in [0.15, 0.2) is 59.7 Å². The van der Waals surface area contributed by atoms with E-state index in [2.05, 4.69) is 22.2 Å². The highest BCUT2D eigenvalue weighted by molar-refractivity contribution is 7.71. The number of aromatic amines is 1. The maximum absolute atomic E-state index is 5.79. The van der Waals surface area contributed by atoms with Crippen LogP contribution in [0.5, 0.6) is 5.75 Å². The fraction of sp³-hybridized carbons (Fsp3) is 0.211. The van der Waals surface area contributed by atoms with Crippen LogP contribution >= 0.6 is 12.2 Å². The van der Waals surface area contributed by atoms with E-state index in [1.54, 1.807) is 10.9 Å². The Morgan fingerprint density at radius 2 is 1.92 bits per heavy atom. The first kappa shape index (κ1) is 17.1. The van der Waals surface area contributed by atoms with Crippen LogP contribution in [-0.4, -0.2) is 21.1 Å². The Kier molecular flexibility index (Phi) is 5.74. The molecule has 0 unspecified atom stereocenters. The largest absolute Gasteiger partial charge is 0.489 e. The van der Waals surface area contributed by atoms with Gasteiger partial charge in [0.2, 0.25) is 4.77 Å². The van der Waals surface area contributed by atoms with Crippen molar-refractivity contribution < 1.29 is 4.74 Å². The molecule has 3 rings (SSSR count). The highest BCUT2D eigenvalue weighted by Crippen LogP contribution is 2.13. The molecule has 0 aliphatic rings. The molecule has 0 amide bonds. The van der Waals surface area contributed by atoms with Gasteiger partial charge in [-0.2, -0.15) is 14.9 Å². The van der Waals surface area contributed by atoms with E-state index < -0.39 is 0 Å². The molecule has 0 aliphatic heterocycles. The smallest absolute Gasteiger partial charge is 0.216 e. The maximum atomic E-state index is 5.79. The Morgan fingerprint density at radius 3 is 2.64 bits per heavy atom. The number of hydrogen-bond donors (Lipinski definition) is 1. The second-order valence-electron chi connectivity index (χ2n) is 5.59. The molecule has 0 saturated heterocycles. The van der Waals surface area contributed by atoms with Gasteiger partial charge in [0.15, 0.2) is 5.82 Å². The molecular formula is C19H20N4OS. The summed E-state index contributed by atoms with van der Waals surface area (Å²) in [5, 5.41) is 11.4. The van der Waals surface area contributed by atoms with E-state index in [9.17, 15) is 0 Å². The van der Waals surface area contributed by atoms with Gasteiger partial charge >= 0.3 is 0 Å². The lowest BCUT2D eigenvalue weighted by atomic mass is 10.2. The summed E-state index contributed by atoms with van der Waals surface area (Å²) in [5.74, 6) is 1.67. The van der Waals surface area contributed by atoms with Crippen LogP contribution in [-0.2, 0) is 13.0 Å². The molecule has 0 fully saturated rings.